The van der Waals surface area contributed by atoms with Crippen LogP contribution < -0.4 is 10.6 Å². The summed E-state index contributed by atoms with van der Waals surface area (Å²) in [7, 11) is 0. The summed E-state index contributed by atoms with van der Waals surface area (Å²) in [5.41, 5.74) is -0.513. The molecule has 2 aliphatic rings. The second-order valence-electron chi connectivity index (χ2n) is 7.98. The summed E-state index contributed by atoms with van der Waals surface area (Å²) in [5, 5.41) is 5.18. The molecule has 2 saturated heterocycles. The number of urea groups is 1. The van der Waals surface area contributed by atoms with Crippen molar-refractivity contribution in [2.45, 2.75) is 24.9 Å². The summed E-state index contributed by atoms with van der Waals surface area (Å²) in [6.45, 7) is 0.752. The summed E-state index contributed by atoms with van der Waals surface area (Å²) >= 11 is 0. The largest absolute Gasteiger partial charge is 0.325 e. The molecule has 2 aromatic carbocycles. The van der Waals surface area contributed by atoms with E-state index < -0.39 is 34.9 Å². The van der Waals surface area contributed by atoms with Gasteiger partial charge in [-0.2, -0.15) is 0 Å². The molecule has 2 N–H and O–H groups in total. The van der Waals surface area contributed by atoms with Gasteiger partial charge in [-0.3, -0.25) is 19.4 Å². The Morgan fingerprint density at radius 1 is 1.00 bits per heavy atom. The Morgan fingerprint density at radius 3 is 2.31 bits per heavy atom. The van der Waals surface area contributed by atoms with Crippen LogP contribution in [0.2, 0.25) is 0 Å². The van der Waals surface area contributed by atoms with Crippen molar-refractivity contribution < 1.29 is 27.6 Å². The first kappa shape index (κ1) is 21.8. The van der Waals surface area contributed by atoms with Crippen molar-refractivity contribution in [3.63, 3.8) is 0 Å². The van der Waals surface area contributed by atoms with Gasteiger partial charge in [0.2, 0.25) is 5.91 Å². The quantitative estimate of drug-likeness (QED) is 0.692. The van der Waals surface area contributed by atoms with Crippen molar-refractivity contribution >= 4 is 23.5 Å². The highest BCUT2D eigenvalue weighted by atomic mass is 19.1. The van der Waals surface area contributed by atoms with Crippen LogP contribution >= 0.6 is 0 Å². The molecule has 0 aliphatic carbocycles. The van der Waals surface area contributed by atoms with Gasteiger partial charge in [0.05, 0.1) is 18.8 Å². The lowest BCUT2D eigenvalue weighted by Crippen LogP contribution is -2.55. The van der Waals surface area contributed by atoms with Gasteiger partial charge in [-0.1, -0.05) is 12.1 Å². The van der Waals surface area contributed by atoms with E-state index in [1.54, 1.807) is 4.90 Å². The standard InChI is InChI=1S/C22H21F3N4O3/c23-15-3-1-14(2-4-15)12-29-20(31)22(27-21(29)32)7-9-28(10-8-22)13-19(30)26-18-6-5-16(24)11-17(18)25/h1-6,11H,7-10,12-13H2,(H,26,30)(H,27,32). The number of benzene rings is 2. The maximum atomic E-state index is 13.7. The molecule has 7 nitrogen and oxygen atoms in total. The number of carbonyl (C=O) groups excluding carboxylic acids is 3. The smallest absolute Gasteiger partial charge is 0.323 e. The molecule has 2 aromatic rings. The number of anilines is 1. The fourth-order valence-corrected chi connectivity index (χ4v) is 4.01. The molecule has 1 spiro atoms. The highest BCUT2D eigenvalue weighted by Gasteiger charge is 2.52. The third-order valence-corrected chi connectivity index (χ3v) is 5.78. The van der Waals surface area contributed by atoms with E-state index in [4.69, 9.17) is 0 Å². The van der Waals surface area contributed by atoms with Gasteiger partial charge < -0.3 is 10.6 Å². The van der Waals surface area contributed by atoms with Crippen LogP contribution in [-0.2, 0) is 16.1 Å². The number of likely N-dealkylation sites (tertiary alicyclic amines) is 1. The maximum Gasteiger partial charge on any atom is 0.325 e. The Morgan fingerprint density at radius 2 is 1.66 bits per heavy atom. The van der Waals surface area contributed by atoms with Crippen molar-refractivity contribution in [1.29, 1.82) is 0 Å². The molecule has 0 saturated carbocycles. The zero-order valence-electron chi connectivity index (χ0n) is 17.0. The molecule has 0 unspecified atom stereocenters. The molecule has 4 rings (SSSR count). The molecule has 10 heteroatoms. The number of nitrogens with zero attached hydrogens (tertiary/aromatic N) is 2. The highest BCUT2D eigenvalue weighted by Crippen LogP contribution is 2.30. The van der Waals surface area contributed by atoms with Crippen LogP contribution in [0.4, 0.5) is 23.7 Å². The van der Waals surface area contributed by atoms with E-state index in [9.17, 15) is 27.6 Å². The Hall–Kier alpha value is -3.40. The number of amides is 4. The Bertz CT molecular complexity index is 1050. The fraction of sp³-hybridized carbons (Fsp3) is 0.318. The number of carbonyl (C=O) groups is 3. The Balaban J connectivity index is 1.33. The van der Waals surface area contributed by atoms with Gasteiger partial charge in [-0.25, -0.2) is 18.0 Å². The highest BCUT2D eigenvalue weighted by molar-refractivity contribution is 6.07. The van der Waals surface area contributed by atoms with Crippen LogP contribution in [0, 0.1) is 17.5 Å². The van der Waals surface area contributed by atoms with E-state index in [1.807, 2.05) is 0 Å². The molecule has 4 amide bonds. The van der Waals surface area contributed by atoms with Crippen molar-refractivity contribution in [3.05, 3.63) is 65.5 Å². The average Bonchev–Trinajstić information content (AvgIpc) is 2.97. The summed E-state index contributed by atoms with van der Waals surface area (Å²) < 4.78 is 39.8. The van der Waals surface area contributed by atoms with Crippen LogP contribution in [0.15, 0.2) is 42.5 Å². The van der Waals surface area contributed by atoms with Crippen LogP contribution in [0.1, 0.15) is 18.4 Å². The minimum atomic E-state index is -1.03. The summed E-state index contributed by atoms with van der Waals surface area (Å²) in [5.74, 6) is -2.81. The SMILES string of the molecule is O=C(CN1CCC2(CC1)NC(=O)N(Cc1ccc(F)cc1)C2=O)Nc1ccc(F)cc1F. The third-order valence-electron chi connectivity index (χ3n) is 5.78. The fourth-order valence-electron chi connectivity index (χ4n) is 4.01. The zero-order valence-corrected chi connectivity index (χ0v) is 17.0. The molecule has 2 fully saturated rings. The van der Waals surface area contributed by atoms with Gasteiger partial charge >= 0.3 is 6.03 Å². The average molecular weight is 446 g/mol. The van der Waals surface area contributed by atoms with Crippen LogP contribution in [0.25, 0.3) is 0 Å². The number of hydrogen-bond acceptors (Lipinski definition) is 4. The lowest BCUT2D eigenvalue weighted by Gasteiger charge is -2.36. The van der Waals surface area contributed by atoms with Gasteiger partial charge in [0.15, 0.2) is 0 Å². The molecule has 0 aromatic heterocycles. The number of halogens is 3. The molecule has 168 valence electrons. The van der Waals surface area contributed by atoms with Gasteiger partial charge in [-0.15, -0.1) is 0 Å². The van der Waals surface area contributed by atoms with Crippen molar-refractivity contribution in [2.75, 3.05) is 25.0 Å². The van der Waals surface area contributed by atoms with Gasteiger partial charge in [0, 0.05) is 19.2 Å². The summed E-state index contributed by atoms with van der Waals surface area (Å²) in [6, 6.07) is 7.96. The number of nitrogens with one attached hydrogen (secondary N) is 2. The predicted octanol–water partition coefficient (Wildman–Crippen LogP) is 2.63. The number of piperidine rings is 1. The van der Waals surface area contributed by atoms with E-state index in [2.05, 4.69) is 10.6 Å². The van der Waals surface area contributed by atoms with E-state index >= 15 is 0 Å². The minimum Gasteiger partial charge on any atom is -0.323 e. The van der Waals surface area contributed by atoms with Crippen molar-refractivity contribution in [3.8, 4) is 0 Å². The monoisotopic (exact) mass is 446 g/mol. The van der Waals surface area contributed by atoms with E-state index in [1.165, 1.54) is 24.3 Å². The van der Waals surface area contributed by atoms with Crippen molar-refractivity contribution in [1.82, 2.24) is 15.1 Å². The molecule has 2 aliphatic heterocycles. The van der Waals surface area contributed by atoms with Crippen LogP contribution in [-0.4, -0.2) is 52.8 Å². The number of hydrogen-bond donors (Lipinski definition) is 2. The van der Waals surface area contributed by atoms with Crippen molar-refractivity contribution in [2.24, 2.45) is 0 Å². The van der Waals surface area contributed by atoms with E-state index in [-0.39, 0.29) is 24.7 Å². The molecular formula is C22H21F3N4O3. The molecule has 2 heterocycles. The topological polar surface area (TPSA) is 81.8 Å². The minimum absolute atomic E-state index is 0.0334. The second kappa shape index (κ2) is 8.62. The predicted molar refractivity (Wildman–Crippen MR) is 109 cm³/mol. The lowest BCUT2D eigenvalue weighted by atomic mass is 9.87. The van der Waals surface area contributed by atoms with Gasteiger partial charge in [-0.05, 0) is 42.7 Å². The Kier molecular flexibility index (Phi) is 5.88. The van der Waals surface area contributed by atoms with Gasteiger partial charge in [0.25, 0.3) is 5.91 Å². The van der Waals surface area contributed by atoms with Gasteiger partial charge in [0.1, 0.15) is 23.0 Å². The second-order valence-corrected chi connectivity index (χ2v) is 7.98. The zero-order chi connectivity index (χ0) is 22.9. The molecule has 0 radical (unpaired) electrons. The first-order chi connectivity index (χ1) is 15.3. The lowest BCUT2D eigenvalue weighted by molar-refractivity contribution is -0.133. The third kappa shape index (κ3) is 4.45. The van der Waals surface area contributed by atoms with E-state index in [0.717, 1.165) is 17.0 Å². The maximum absolute atomic E-state index is 13.7. The summed E-state index contributed by atoms with van der Waals surface area (Å²) in [4.78, 5) is 40.6. The van der Waals surface area contributed by atoms with E-state index in [0.29, 0.717) is 37.6 Å². The number of rotatable bonds is 5. The molecule has 32 heavy (non-hydrogen) atoms. The van der Waals surface area contributed by atoms with Crippen LogP contribution in [0.5, 0.6) is 0 Å². The van der Waals surface area contributed by atoms with Crippen LogP contribution in [0.3, 0.4) is 0 Å². The first-order valence-corrected chi connectivity index (χ1v) is 10.1. The molecule has 0 bridgehead atoms. The Labute approximate surface area is 182 Å². The summed E-state index contributed by atoms with van der Waals surface area (Å²) in [6.07, 6.45) is 0.630. The molecular weight excluding hydrogens is 425 g/mol. The molecule has 0 atom stereocenters. The normalized spacial score (nSPS) is 18.2. The first-order valence-electron chi connectivity index (χ1n) is 10.1. The number of imide groups is 1.